The van der Waals surface area contributed by atoms with Crippen LogP contribution in [0.2, 0.25) is 0 Å². The Morgan fingerprint density at radius 2 is 1.82 bits per heavy atom. The van der Waals surface area contributed by atoms with Gasteiger partial charge in [0.1, 0.15) is 12.0 Å². The van der Waals surface area contributed by atoms with Crippen LogP contribution in [0.5, 0.6) is 0 Å². The Balaban J connectivity index is 2.31. The molecule has 0 radical (unpaired) electrons. The third kappa shape index (κ3) is 1.96. The van der Waals surface area contributed by atoms with E-state index in [4.69, 9.17) is 14.2 Å². The first-order chi connectivity index (χ1) is 8.17. The monoisotopic (exact) mass is 244 g/mol. The maximum Gasteiger partial charge on any atom is 0.315 e. The van der Waals surface area contributed by atoms with Gasteiger partial charge in [-0.15, -0.1) is 0 Å². The van der Waals surface area contributed by atoms with Gasteiger partial charge in [-0.3, -0.25) is 4.79 Å². The molecule has 0 aromatic heterocycles. The zero-order chi connectivity index (χ0) is 12.4. The topological polar surface area (TPSA) is 65.0 Å². The van der Waals surface area contributed by atoms with E-state index in [0.717, 1.165) is 19.3 Å². The van der Waals surface area contributed by atoms with E-state index in [2.05, 4.69) is 0 Å². The molecule has 1 saturated carbocycles. The minimum absolute atomic E-state index is 0.180. The van der Waals surface area contributed by atoms with Crippen LogP contribution < -0.4 is 0 Å². The predicted octanol–water partition coefficient (Wildman–Crippen LogP) is 1.41. The summed E-state index contributed by atoms with van der Waals surface area (Å²) in [5, 5.41) is 9.63. The minimum Gasteiger partial charge on any atom is -0.481 e. The second-order valence-corrected chi connectivity index (χ2v) is 4.83. The largest absolute Gasteiger partial charge is 0.481 e. The molecular weight excluding hydrogens is 224 g/mol. The highest BCUT2D eigenvalue weighted by Crippen LogP contribution is 2.49. The van der Waals surface area contributed by atoms with Crippen LogP contribution in [0.25, 0.3) is 0 Å². The van der Waals surface area contributed by atoms with Crippen LogP contribution in [0.15, 0.2) is 0 Å². The number of methoxy groups -OCH3 is 1. The molecule has 5 nitrogen and oxygen atoms in total. The Kier molecular flexibility index (Phi) is 3.70. The number of ether oxygens (including phenoxy) is 3. The van der Waals surface area contributed by atoms with Crippen LogP contribution in [0.1, 0.15) is 32.1 Å². The fourth-order valence-electron chi connectivity index (χ4n) is 3.06. The number of hydrogen-bond acceptors (Lipinski definition) is 4. The number of carboxylic acid groups (broad SMARTS) is 1. The number of carbonyl (C=O) groups is 1. The fraction of sp³-hybridized carbons (Fsp3) is 0.917. The van der Waals surface area contributed by atoms with Gasteiger partial charge in [-0.1, -0.05) is 19.3 Å². The maximum atomic E-state index is 11.7. The molecule has 1 aliphatic carbocycles. The molecule has 17 heavy (non-hydrogen) atoms. The molecular formula is C12H20O5. The van der Waals surface area contributed by atoms with Gasteiger partial charge in [-0.25, -0.2) is 0 Å². The molecule has 0 spiro atoms. The van der Waals surface area contributed by atoms with Crippen LogP contribution in [-0.4, -0.2) is 43.8 Å². The first-order valence-electron chi connectivity index (χ1n) is 6.17. The van der Waals surface area contributed by atoms with Crippen molar-refractivity contribution in [1.29, 1.82) is 0 Å². The second-order valence-electron chi connectivity index (χ2n) is 4.83. The highest BCUT2D eigenvalue weighted by atomic mass is 16.8. The molecule has 2 rings (SSSR count). The average molecular weight is 244 g/mol. The summed E-state index contributed by atoms with van der Waals surface area (Å²) in [5.74, 6) is -1.91. The lowest BCUT2D eigenvalue weighted by Crippen LogP contribution is -2.57. The van der Waals surface area contributed by atoms with Crippen LogP contribution >= 0.6 is 0 Å². The highest BCUT2D eigenvalue weighted by molar-refractivity contribution is 5.76. The van der Waals surface area contributed by atoms with Crippen molar-refractivity contribution in [3.63, 3.8) is 0 Å². The van der Waals surface area contributed by atoms with Gasteiger partial charge >= 0.3 is 5.97 Å². The maximum absolute atomic E-state index is 11.7. The van der Waals surface area contributed by atoms with Crippen LogP contribution in [0, 0.1) is 5.41 Å². The Hall–Kier alpha value is -0.650. The van der Waals surface area contributed by atoms with Gasteiger partial charge in [-0.2, -0.15) is 0 Å². The van der Waals surface area contributed by atoms with Gasteiger partial charge in [0.2, 0.25) is 5.79 Å². The van der Waals surface area contributed by atoms with Crippen molar-refractivity contribution >= 4 is 5.97 Å². The molecule has 0 unspecified atom stereocenters. The van der Waals surface area contributed by atoms with Crippen molar-refractivity contribution in [3.05, 3.63) is 0 Å². The number of rotatable bonds is 4. The average Bonchev–Trinajstić information content (AvgIpc) is 2.80. The van der Waals surface area contributed by atoms with Crippen molar-refractivity contribution in [2.45, 2.75) is 37.9 Å². The minimum atomic E-state index is -1.09. The van der Waals surface area contributed by atoms with Crippen molar-refractivity contribution in [3.8, 4) is 0 Å². The normalized spacial score (nSPS) is 26.9. The van der Waals surface area contributed by atoms with E-state index < -0.39 is 17.2 Å². The first kappa shape index (κ1) is 12.8. The van der Waals surface area contributed by atoms with Gasteiger partial charge in [0.15, 0.2) is 0 Å². The van der Waals surface area contributed by atoms with Gasteiger partial charge in [0.25, 0.3) is 0 Å². The SMILES string of the molecule is COCC1(C2(C(=O)O)CCCCC2)OCCO1. The van der Waals surface area contributed by atoms with Gasteiger partial charge in [0.05, 0.1) is 13.2 Å². The Bertz CT molecular complexity index is 277. The van der Waals surface area contributed by atoms with Crippen molar-refractivity contribution in [2.24, 2.45) is 5.41 Å². The van der Waals surface area contributed by atoms with Gasteiger partial charge < -0.3 is 19.3 Å². The number of hydrogen-bond donors (Lipinski definition) is 1. The Morgan fingerprint density at radius 3 is 2.29 bits per heavy atom. The molecule has 1 heterocycles. The molecule has 2 fully saturated rings. The summed E-state index contributed by atoms with van der Waals surface area (Å²) in [6, 6.07) is 0. The zero-order valence-electron chi connectivity index (χ0n) is 10.2. The molecule has 0 aromatic carbocycles. The van der Waals surface area contributed by atoms with Crippen molar-refractivity contribution in [2.75, 3.05) is 26.9 Å². The molecule has 1 aliphatic heterocycles. The Labute approximate surface area is 101 Å². The lowest BCUT2D eigenvalue weighted by Gasteiger charge is -2.45. The second kappa shape index (κ2) is 4.92. The van der Waals surface area contributed by atoms with E-state index in [9.17, 15) is 9.90 Å². The summed E-state index contributed by atoms with van der Waals surface area (Å²) >= 11 is 0. The first-order valence-corrected chi connectivity index (χ1v) is 6.17. The zero-order valence-corrected chi connectivity index (χ0v) is 10.2. The van der Waals surface area contributed by atoms with Gasteiger partial charge in [-0.05, 0) is 12.8 Å². The molecule has 1 saturated heterocycles. The summed E-state index contributed by atoms with van der Waals surface area (Å²) in [4.78, 5) is 11.7. The lowest BCUT2D eigenvalue weighted by molar-refractivity contribution is -0.267. The molecule has 0 atom stereocenters. The third-order valence-corrected chi connectivity index (χ3v) is 3.93. The lowest BCUT2D eigenvalue weighted by atomic mass is 9.68. The molecule has 5 heteroatoms. The van der Waals surface area contributed by atoms with Crippen LogP contribution in [0.4, 0.5) is 0 Å². The summed E-state index contributed by atoms with van der Waals surface area (Å²) in [6.45, 7) is 1.07. The molecule has 2 aliphatic rings. The molecule has 0 bridgehead atoms. The number of aliphatic carboxylic acids is 1. The smallest absolute Gasteiger partial charge is 0.315 e. The van der Waals surface area contributed by atoms with Crippen molar-refractivity contribution < 1.29 is 24.1 Å². The molecule has 0 amide bonds. The van der Waals surface area contributed by atoms with Crippen molar-refractivity contribution in [1.82, 2.24) is 0 Å². The van der Waals surface area contributed by atoms with Crippen LogP contribution in [-0.2, 0) is 19.0 Å². The molecule has 98 valence electrons. The fourth-order valence-corrected chi connectivity index (χ4v) is 3.06. The van der Waals surface area contributed by atoms with E-state index in [-0.39, 0.29) is 6.61 Å². The highest BCUT2D eigenvalue weighted by Gasteiger charge is 2.61. The van der Waals surface area contributed by atoms with E-state index in [0.29, 0.717) is 26.1 Å². The van der Waals surface area contributed by atoms with E-state index in [1.807, 2.05) is 0 Å². The summed E-state index contributed by atoms with van der Waals surface area (Å²) < 4.78 is 16.5. The molecule has 1 N–H and O–H groups in total. The standard InChI is InChI=1S/C12H20O5/c1-15-9-12(16-7-8-17-12)11(10(13)14)5-3-2-4-6-11/h2-9H2,1H3,(H,13,14). The predicted molar refractivity (Wildman–Crippen MR) is 59.7 cm³/mol. The van der Waals surface area contributed by atoms with E-state index >= 15 is 0 Å². The summed E-state index contributed by atoms with van der Waals surface area (Å²) in [5.41, 5.74) is -0.947. The summed E-state index contributed by atoms with van der Waals surface area (Å²) in [6.07, 6.45) is 4.10. The third-order valence-electron chi connectivity index (χ3n) is 3.93. The van der Waals surface area contributed by atoms with Crippen LogP contribution in [0.3, 0.4) is 0 Å². The van der Waals surface area contributed by atoms with Gasteiger partial charge in [0, 0.05) is 7.11 Å². The Morgan fingerprint density at radius 1 is 1.24 bits per heavy atom. The summed E-state index contributed by atoms with van der Waals surface area (Å²) in [7, 11) is 1.55. The van der Waals surface area contributed by atoms with E-state index in [1.165, 1.54) is 0 Å². The molecule has 0 aromatic rings. The van der Waals surface area contributed by atoms with E-state index in [1.54, 1.807) is 7.11 Å². The quantitative estimate of drug-likeness (QED) is 0.810. The number of carboxylic acids is 1.